The zero-order chi connectivity index (χ0) is 11.1. The smallest absolute Gasteiger partial charge is 0.264 e. The Labute approximate surface area is 95.9 Å². The lowest BCUT2D eigenvalue weighted by molar-refractivity contribution is -0.107. The van der Waals surface area contributed by atoms with Crippen LogP contribution in [0.4, 0.5) is 0 Å². The first-order valence-corrected chi connectivity index (χ1v) is 5.77. The molecule has 2 aliphatic heterocycles. The lowest BCUT2D eigenvalue weighted by atomic mass is 10.1. The third kappa shape index (κ3) is 1.39. The number of fused-ring (bicyclic) bond motifs is 2. The fourth-order valence-electron chi connectivity index (χ4n) is 1.71. The van der Waals surface area contributed by atoms with Gasteiger partial charge in [-0.3, -0.25) is 9.59 Å². The van der Waals surface area contributed by atoms with Gasteiger partial charge in [0, 0.05) is 16.9 Å². The Kier molecular flexibility index (Phi) is 2.14. The van der Waals surface area contributed by atoms with Gasteiger partial charge in [-0.15, -0.1) is 0 Å². The van der Waals surface area contributed by atoms with E-state index in [0.29, 0.717) is 35.2 Å². The topological polar surface area (TPSA) is 52.6 Å². The first kappa shape index (κ1) is 9.72. The minimum Gasteiger partial charge on any atom is -0.490 e. The number of Topliss-reactive ketones (excluding diaryl/α,β-unsaturated/α-hetero) is 1. The van der Waals surface area contributed by atoms with Crippen LogP contribution in [0.15, 0.2) is 17.0 Å². The summed E-state index contributed by atoms with van der Waals surface area (Å²) in [5.41, 5.74) is 0.430. The van der Waals surface area contributed by atoms with Crippen LogP contribution < -0.4 is 9.47 Å². The second-order valence-corrected chi connectivity index (χ2v) is 4.58. The summed E-state index contributed by atoms with van der Waals surface area (Å²) in [4.78, 5) is 23.4. The number of carbonyl (C=O) groups is 2. The van der Waals surface area contributed by atoms with Crippen LogP contribution >= 0.6 is 11.8 Å². The molecule has 0 unspecified atom stereocenters. The number of carbonyl (C=O) groups excluding carboxylic acids is 2. The van der Waals surface area contributed by atoms with Crippen LogP contribution in [0.1, 0.15) is 16.8 Å². The number of hydrogen-bond acceptors (Lipinski definition) is 5. The summed E-state index contributed by atoms with van der Waals surface area (Å²) in [5.74, 6) is 0.724. The maximum Gasteiger partial charge on any atom is 0.264 e. The van der Waals surface area contributed by atoms with Crippen LogP contribution in [0.2, 0.25) is 0 Å². The second kappa shape index (κ2) is 3.52. The molecule has 0 aliphatic carbocycles. The molecule has 0 aromatic heterocycles. The SMILES string of the molecule is O=C1Sc2cc3c(cc2C1=O)OCCCO3. The summed E-state index contributed by atoms with van der Waals surface area (Å²) < 4.78 is 10.9. The van der Waals surface area contributed by atoms with Gasteiger partial charge in [0.1, 0.15) is 0 Å². The third-order valence-electron chi connectivity index (χ3n) is 2.48. The van der Waals surface area contributed by atoms with Crippen molar-refractivity contribution in [1.29, 1.82) is 0 Å². The minimum absolute atomic E-state index is 0.430. The van der Waals surface area contributed by atoms with Crippen LogP contribution in [-0.2, 0) is 4.79 Å². The van der Waals surface area contributed by atoms with E-state index in [0.717, 1.165) is 18.2 Å². The van der Waals surface area contributed by atoms with Gasteiger partial charge in [0.25, 0.3) is 5.12 Å². The van der Waals surface area contributed by atoms with Gasteiger partial charge in [0.2, 0.25) is 5.78 Å². The predicted molar refractivity (Wildman–Crippen MR) is 57.2 cm³/mol. The number of thioether (sulfide) groups is 1. The molecule has 5 heteroatoms. The second-order valence-electron chi connectivity index (χ2n) is 3.56. The summed E-state index contributed by atoms with van der Waals surface area (Å²) in [7, 11) is 0. The number of ether oxygens (including phenoxy) is 2. The average Bonchev–Trinajstić information content (AvgIpc) is 2.48. The van der Waals surface area contributed by atoms with Crippen molar-refractivity contribution in [1.82, 2.24) is 0 Å². The lowest BCUT2D eigenvalue weighted by Crippen LogP contribution is -2.03. The van der Waals surface area contributed by atoms with Crippen molar-refractivity contribution in [2.45, 2.75) is 11.3 Å². The summed E-state index contributed by atoms with van der Waals surface area (Å²) >= 11 is 0.955. The zero-order valence-electron chi connectivity index (χ0n) is 8.32. The Bertz CT molecular complexity index is 495. The molecule has 2 heterocycles. The normalized spacial score (nSPS) is 18.2. The molecule has 0 N–H and O–H groups in total. The number of rotatable bonds is 0. The molecular weight excluding hydrogens is 228 g/mol. The van der Waals surface area contributed by atoms with Crippen LogP contribution in [-0.4, -0.2) is 24.1 Å². The molecule has 0 amide bonds. The van der Waals surface area contributed by atoms with Crippen molar-refractivity contribution < 1.29 is 19.1 Å². The molecule has 0 saturated carbocycles. The van der Waals surface area contributed by atoms with E-state index in [2.05, 4.69) is 0 Å². The van der Waals surface area contributed by atoms with Crippen molar-refractivity contribution in [3.63, 3.8) is 0 Å². The van der Waals surface area contributed by atoms with E-state index in [1.165, 1.54) is 0 Å². The van der Waals surface area contributed by atoms with Crippen LogP contribution in [0.3, 0.4) is 0 Å². The Morgan fingerprint density at radius 2 is 1.75 bits per heavy atom. The van der Waals surface area contributed by atoms with E-state index in [9.17, 15) is 9.59 Å². The maximum absolute atomic E-state index is 11.5. The van der Waals surface area contributed by atoms with E-state index in [4.69, 9.17) is 9.47 Å². The molecule has 0 spiro atoms. The molecule has 82 valence electrons. The van der Waals surface area contributed by atoms with Crippen molar-refractivity contribution in [2.24, 2.45) is 0 Å². The first-order chi connectivity index (χ1) is 7.75. The number of benzene rings is 1. The Balaban J connectivity index is 2.11. The highest BCUT2D eigenvalue weighted by Gasteiger charge is 2.31. The largest absolute Gasteiger partial charge is 0.490 e. The fraction of sp³-hybridized carbons (Fsp3) is 0.273. The molecule has 1 aromatic rings. The van der Waals surface area contributed by atoms with Crippen molar-refractivity contribution >= 4 is 22.7 Å². The van der Waals surface area contributed by atoms with E-state index in [1.807, 2.05) is 0 Å². The van der Waals surface area contributed by atoms with E-state index in [1.54, 1.807) is 12.1 Å². The summed E-state index contributed by atoms with van der Waals surface area (Å²) in [6, 6.07) is 3.32. The fourth-order valence-corrected chi connectivity index (χ4v) is 2.54. The monoisotopic (exact) mass is 236 g/mol. The van der Waals surface area contributed by atoms with E-state index >= 15 is 0 Å². The zero-order valence-corrected chi connectivity index (χ0v) is 9.13. The minimum atomic E-state index is -0.448. The van der Waals surface area contributed by atoms with Gasteiger partial charge in [-0.05, 0) is 23.9 Å². The van der Waals surface area contributed by atoms with E-state index in [-0.39, 0.29) is 0 Å². The Morgan fingerprint density at radius 3 is 2.50 bits per heavy atom. The molecule has 0 saturated heterocycles. The standard InChI is InChI=1S/C11H8O4S/c12-10-6-4-7-8(15-3-1-2-14-7)5-9(6)16-11(10)13/h4-5H,1-3H2. The van der Waals surface area contributed by atoms with Gasteiger partial charge in [-0.1, -0.05) is 0 Å². The lowest BCUT2D eigenvalue weighted by Gasteiger charge is -2.08. The van der Waals surface area contributed by atoms with Crippen LogP contribution in [0, 0.1) is 0 Å². The quantitative estimate of drug-likeness (QED) is 0.641. The van der Waals surface area contributed by atoms with Crippen molar-refractivity contribution in [3.8, 4) is 11.5 Å². The van der Waals surface area contributed by atoms with E-state index < -0.39 is 10.9 Å². The predicted octanol–water partition coefficient (Wildman–Crippen LogP) is 1.66. The maximum atomic E-state index is 11.5. The van der Waals surface area contributed by atoms with Crippen LogP contribution in [0.5, 0.6) is 11.5 Å². The van der Waals surface area contributed by atoms with Crippen molar-refractivity contribution in [2.75, 3.05) is 13.2 Å². The Morgan fingerprint density at radius 1 is 1.06 bits per heavy atom. The molecule has 2 aliphatic rings. The van der Waals surface area contributed by atoms with Crippen molar-refractivity contribution in [3.05, 3.63) is 17.7 Å². The molecule has 4 nitrogen and oxygen atoms in total. The van der Waals surface area contributed by atoms with Gasteiger partial charge in [-0.2, -0.15) is 0 Å². The highest BCUT2D eigenvalue weighted by atomic mass is 32.2. The molecule has 0 radical (unpaired) electrons. The third-order valence-corrected chi connectivity index (χ3v) is 3.41. The molecule has 0 atom stereocenters. The van der Waals surface area contributed by atoms with Gasteiger partial charge in [0.15, 0.2) is 11.5 Å². The van der Waals surface area contributed by atoms with Gasteiger partial charge < -0.3 is 9.47 Å². The molecule has 3 rings (SSSR count). The van der Waals surface area contributed by atoms with Crippen LogP contribution in [0.25, 0.3) is 0 Å². The summed E-state index contributed by atoms with van der Waals surface area (Å²) in [5, 5.41) is -0.435. The van der Waals surface area contributed by atoms with Gasteiger partial charge in [-0.25, -0.2) is 0 Å². The molecule has 1 aromatic carbocycles. The molecule has 16 heavy (non-hydrogen) atoms. The molecule has 0 fully saturated rings. The first-order valence-electron chi connectivity index (χ1n) is 4.96. The highest BCUT2D eigenvalue weighted by Crippen LogP contribution is 2.41. The van der Waals surface area contributed by atoms with Gasteiger partial charge in [0.05, 0.1) is 13.2 Å². The molecule has 0 bridgehead atoms. The Hall–Kier alpha value is -1.49. The number of hydrogen-bond donors (Lipinski definition) is 0. The highest BCUT2D eigenvalue weighted by molar-refractivity contribution is 8.16. The summed E-state index contributed by atoms with van der Waals surface area (Å²) in [6.45, 7) is 1.17. The average molecular weight is 236 g/mol. The number of ketones is 1. The van der Waals surface area contributed by atoms with Gasteiger partial charge >= 0.3 is 0 Å². The summed E-state index contributed by atoms with van der Waals surface area (Å²) in [6.07, 6.45) is 0.819. The molecular formula is C11H8O4S.